The van der Waals surface area contributed by atoms with Gasteiger partial charge in [0.15, 0.2) is 0 Å². The second-order valence-corrected chi connectivity index (χ2v) is 7.17. The number of hydrogen-bond donors (Lipinski definition) is 2. The lowest BCUT2D eigenvalue weighted by atomic mass is 9.75. The zero-order valence-corrected chi connectivity index (χ0v) is 12.4. The van der Waals surface area contributed by atoms with Gasteiger partial charge in [0, 0.05) is 13.1 Å². The molecule has 1 heterocycles. The van der Waals surface area contributed by atoms with E-state index in [1.807, 2.05) is 7.05 Å². The Hall–Kier alpha value is -0.120. The first-order valence-electron chi connectivity index (χ1n) is 8.29. The number of rotatable bonds is 5. The molecule has 0 radical (unpaired) electrons. The van der Waals surface area contributed by atoms with Crippen molar-refractivity contribution in [3.8, 4) is 0 Å². The molecule has 0 amide bonds. The lowest BCUT2D eigenvalue weighted by molar-refractivity contribution is 0.0403. The van der Waals surface area contributed by atoms with Crippen LogP contribution in [-0.4, -0.2) is 48.8 Å². The molecule has 3 heteroatoms. The van der Waals surface area contributed by atoms with E-state index in [0.717, 1.165) is 18.4 Å². The second kappa shape index (κ2) is 5.71. The van der Waals surface area contributed by atoms with Crippen molar-refractivity contribution in [1.82, 2.24) is 10.2 Å². The summed E-state index contributed by atoms with van der Waals surface area (Å²) < 4.78 is 0. The quantitative estimate of drug-likeness (QED) is 0.797. The van der Waals surface area contributed by atoms with Gasteiger partial charge in [0.05, 0.1) is 12.1 Å². The van der Waals surface area contributed by atoms with Crippen LogP contribution in [0, 0.1) is 17.8 Å². The van der Waals surface area contributed by atoms with Gasteiger partial charge in [-0.05, 0) is 57.0 Å². The maximum absolute atomic E-state index is 9.86. The van der Waals surface area contributed by atoms with Gasteiger partial charge in [-0.2, -0.15) is 0 Å². The molecule has 3 rings (SSSR count). The first-order chi connectivity index (χ1) is 9.27. The number of nitrogens with zero attached hydrogens (tertiary/aromatic N) is 1. The Morgan fingerprint density at radius 1 is 1.11 bits per heavy atom. The summed E-state index contributed by atoms with van der Waals surface area (Å²) in [7, 11) is 2.03. The SMILES string of the molecule is CNC(CO)(CN1CCC2CCCCC2C1)C1CC1. The van der Waals surface area contributed by atoms with E-state index in [0.29, 0.717) is 12.5 Å². The molecule has 2 N–H and O–H groups in total. The number of hydrogen-bond acceptors (Lipinski definition) is 3. The average molecular weight is 266 g/mol. The number of nitrogens with one attached hydrogen (secondary N) is 1. The van der Waals surface area contributed by atoms with E-state index < -0.39 is 0 Å². The van der Waals surface area contributed by atoms with Crippen LogP contribution in [0.25, 0.3) is 0 Å². The van der Waals surface area contributed by atoms with Crippen molar-refractivity contribution in [2.24, 2.45) is 17.8 Å². The van der Waals surface area contributed by atoms with E-state index in [-0.39, 0.29) is 5.54 Å². The van der Waals surface area contributed by atoms with E-state index in [2.05, 4.69) is 10.2 Å². The minimum Gasteiger partial charge on any atom is -0.394 e. The molecule has 0 aromatic carbocycles. The molecular formula is C16H30N2O. The Balaban J connectivity index is 1.60. The number of likely N-dealkylation sites (tertiary alicyclic amines) is 1. The van der Waals surface area contributed by atoms with Crippen molar-refractivity contribution >= 4 is 0 Å². The first kappa shape index (κ1) is 13.8. The summed E-state index contributed by atoms with van der Waals surface area (Å²) in [5.74, 6) is 2.64. The van der Waals surface area contributed by atoms with Crippen molar-refractivity contribution in [3.05, 3.63) is 0 Å². The van der Waals surface area contributed by atoms with Gasteiger partial charge in [-0.1, -0.05) is 19.3 Å². The normalized spacial score (nSPS) is 35.7. The molecule has 110 valence electrons. The monoisotopic (exact) mass is 266 g/mol. The summed E-state index contributed by atoms with van der Waals surface area (Å²) in [6.07, 6.45) is 9.78. The highest BCUT2D eigenvalue weighted by Crippen LogP contribution is 2.41. The van der Waals surface area contributed by atoms with Crippen LogP contribution < -0.4 is 5.32 Å². The van der Waals surface area contributed by atoms with Gasteiger partial charge in [0.2, 0.25) is 0 Å². The van der Waals surface area contributed by atoms with Gasteiger partial charge >= 0.3 is 0 Å². The zero-order chi connectivity index (χ0) is 13.3. The number of piperidine rings is 1. The third kappa shape index (κ3) is 2.84. The Morgan fingerprint density at radius 3 is 2.47 bits per heavy atom. The van der Waals surface area contributed by atoms with Gasteiger partial charge in [-0.3, -0.25) is 0 Å². The summed E-state index contributed by atoms with van der Waals surface area (Å²) >= 11 is 0. The Labute approximate surface area is 117 Å². The Bertz CT molecular complexity index is 299. The fourth-order valence-corrected chi connectivity index (χ4v) is 4.53. The molecule has 3 atom stereocenters. The van der Waals surface area contributed by atoms with Gasteiger partial charge in [-0.15, -0.1) is 0 Å². The van der Waals surface area contributed by atoms with E-state index in [4.69, 9.17) is 0 Å². The molecule has 1 aliphatic heterocycles. The van der Waals surface area contributed by atoms with Crippen LogP contribution in [0.2, 0.25) is 0 Å². The Kier molecular flexibility index (Phi) is 4.16. The molecule has 0 aromatic heterocycles. The number of likely N-dealkylation sites (N-methyl/N-ethyl adjacent to an activating group) is 1. The molecule has 1 saturated heterocycles. The van der Waals surface area contributed by atoms with Crippen LogP contribution in [0.1, 0.15) is 44.9 Å². The van der Waals surface area contributed by atoms with Crippen molar-refractivity contribution in [3.63, 3.8) is 0 Å². The summed E-state index contributed by atoms with van der Waals surface area (Å²) in [4.78, 5) is 2.64. The highest BCUT2D eigenvalue weighted by molar-refractivity contribution is 5.03. The number of fused-ring (bicyclic) bond motifs is 1. The fourth-order valence-electron chi connectivity index (χ4n) is 4.53. The third-order valence-corrected chi connectivity index (χ3v) is 6.02. The molecule has 3 unspecified atom stereocenters. The van der Waals surface area contributed by atoms with E-state index >= 15 is 0 Å². The van der Waals surface area contributed by atoms with Gasteiger partial charge < -0.3 is 15.3 Å². The second-order valence-electron chi connectivity index (χ2n) is 7.17. The van der Waals surface area contributed by atoms with E-state index in [9.17, 15) is 5.11 Å². The molecule has 3 nitrogen and oxygen atoms in total. The lowest BCUT2D eigenvalue weighted by Gasteiger charge is -2.45. The third-order valence-electron chi connectivity index (χ3n) is 6.02. The number of aliphatic hydroxyl groups is 1. The van der Waals surface area contributed by atoms with Crippen LogP contribution in [0.5, 0.6) is 0 Å². The van der Waals surface area contributed by atoms with Crippen LogP contribution in [-0.2, 0) is 0 Å². The van der Waals surface area contributed by atoms with E-state index in [1.54, 1.807) is 0 Å². The summed E-state index contributed by atoms with van der Waals surface area (Å²) in [6.45, 7) is 3.87. The molecule has 0 aromatic rings. The maximum Gasteiger partial charge on any atom is 0.0628 e. The van der Waals surface area contributed by atoms with Crippen LogP contribution >= 0.6 is 0 Å². The zero-order valence-electron chi connectivity index (χ0n) is 12.4. The highest BCUT2D eigenvalue weighted by Gasteiger charge is 2.45. The average Bonchev–Trinajstić information content (AvgIpc) is 3.30. The smallest absolute Gasteiger partial charge is 0.0628 e. The van der Waals surface area contributed by atoms with Crippen LogP contribution in [0.3, 0.4) is 0 Å². The highest BCUT2D eigenvalue weighted by atomic mass is 16.3. The largest absolute Gasteiger partial charge is 0.394 e. The van der Waals surface area contributed by atoms with E-state index in [1.165, 1.54) is 58.0 Å². The molecule has 2 aliphatic carbocycles. The van der Waals surface area contributed by atoms with Gasteiger partial charge in [0.1, 0.15) is 0 Å². The lowest BCUT2D eigenvalue weighted by Crippen LogP contribution is -2.58. The molecule has 3 aliphatic rings. The van der Waals surface area contributed by atoms with Gasteiger partial charge in [-0.25, -0.2) is 0 Å². The van der Waals surface area contributed by atoms with Crippen molar-refractivity contribution < 1.29 is 5.11 Å². The fraction of sp³-hybridized carbons (Fsp3) is 1.00. The minimum absolute atomic E-state index is 0.0263. The van der Waals surface area contributed by atoms with Crippen molar-refractivity contribution in [1.29, 1.82) is 0 Å². The summed E-state index contributed by atoms with van der Waals surface area (Å²) in [6, 6.07) is 0. The Morgan fingerprint density at radius 2 is 1.84 bits per heavy atom. The first-order valence-corrected chi connectivity index (χ1v) is 8.29. The predicted molar refractivity (Wildman–Crippen MR) is 78.1 cm³/mol. The summed E-state index contributed by atoms with van der Waals surface area (Å²) in [5, 5.41) is 13.3. The molecule has 2 saturated carbocycles. The predicted octanol–water partition coefficient (Wildman–Crippen LogP) is 1.86. The molecule has 3 fully saturated rings. The maximum atomic E-state index is 9.86. The number of aliphatic hydroxyl groups excluding tert-OH is 1. The molecule has 0 spiro atoms. The van der Waals surface area contributed by atoms with Crippen molar-refractivity contribution in [2.45, 2.75) is 50.5 Å². The minimum atomic E-state index is -0.0263. The standard InChI is InChI=1S/C16H30N2O/c1-17-16(12-19,15-6-7-15)11-18-9-8-13-4-2-3-5-14(13)10-18/h13-15,17,19H,2-12H2,1H3. The summed E-state index contributed by atoms with van der Waals surface area (Å²) in [5.41, 5.74) is -0.0263. The topological polar surface area (TPSA) is 35.5 Å². The molecular weight excluding hydrogens is 236 g/mol. The molecule has 19 heavy (non-hydrogen) atoms. The molecule has 0 bridgehead atoms. The van der Waals surface area contributed by atoms with Crippen molar-refractivity contribution in [2.75, 3.05) is 33.3 Å². The van der Waals surface area contributed by atoms with Crippen LogP contribution in [0.4, 0.5) is 0 Å². The van der Waals surface area contributed by atoms with Crippen LogP contribution in [0.15, 0.2) is 0 Å². The van der Waals surface area contributed by atoms with Gasteiger partial charge in [0.25, 0.3) is 0 Å².